The van der Waals surface area contributed by atoms with Gasteiger partial charge in [0.05, 0.1) is 10.8 Å². The number of rotatable bonds is 5. The molecule has 0 spiro atoms. The third kappa shape index (κ3) is 5.39. The van der Waals surface area contributed by atoms with Crippen molar-refractivity contribution in [3.8, 4) is 11.1 Å². The number of allylic oxidation sites excluding steroid dienone is 4. The minimum Gasteiger partial charge on any atom is -0.456 e. The third-order valence-corrected chi connectivity index (χ3v) is 13.5. The van der Waals surface area contributed by atoms with E-state index >= 15 is 0 Å². The van der Waals surface area contributed by atoms with E-state index in [1.165, 1.54) is 49.4 Å². The zero-order valence-electron chi connectivity index (χ0n) is 31.1. The molecule has 2 N–H and O–H groups in total. The van der Waals surface area contributed by atoms with Gasteiger partial charge in [0.2, 0.25) is 0 Å². The van der Waals surface area contributed by atoms with Crippen LogP contribution in [0.15, 0.2) is 178 Å². The standard InChI is InChI=1S/C51H38N4OS/c1-3-12-31(13-4-1)49-52-50(32-14-5-2-6-15-32)54-51(53-49)35-23-25-38-41-28-33(24-27-45(41)56-46(38)29-35)34-22-26-39-40-18-11-21-44(48(40)57-47(39)30-34)55-42-19-9-7-16-36(42)37-17-8-10-20-43(37)55/h1-7,9-16,18-30,40,48-49,51,53H,8,17H2,(H,52,54). The Balaban J connectivity index is 0.867. The highest BCUT2D eigenvalue weighted by atomic mass is 32.2. The summed E-state index contributed by atoms with van der Waals surface area (Å²) in [4.78, 5) is 6.52. The Bertz CT molecular complexity index is 3020. The molecule has 57 heavy (non-hydrogen) atoms. The molecule has 2 aliphatic heterocycles. The van der Waals surface area contributed by atoms with E-state index in [1.54, 1.807) is 0 Å². The number of hydrogen-bond acceptors (Lipinski definition) is 5. The van der Waals surface area contributed by atoms with Crippen LogP contribution in [0, 0.1) is 0 Å². The van der Waals surface area contributed by atoms with Gasteiger partial charge in [-0.3, -0.25) is 5.32 Å². The van der Waals surface area contributed by atoms with Crippen LogP contribution in [-0.2, 0) is 6.42 Å². The number of nitrogens with one attached hydrogen (secondary N) is 2. The van der Waals surface area contributed by atoms with E-state index in [1.807, 2.05) is 23.9 Å². The van der Waals surface area contributed by atoms with E-state index in [0.717, 1.165) is 57.3 Å². The summed E-state index contributed by atoms with van der Waals surface area (Å²) in [5.74, 6) is 1.20. The van der Waals surface area contributed by atoms with E-state index in [-0.39, 0.29) is 12.3 Å². The normalized spacial score (nSPS) is 20.9. The van der Waals surface area contributed by atoms with Crippen molar-refractivity contribution in [2.24, 2.45) is 4.99 Å². The first-order valence-electron chi connectivity index (χ1n) is 19.9. The number of fused-ring (bicyclic) bond motifs is 9. The van der Waals surface area contributed by atoms with Crippen LogP contribution in [0.4, 0.5) is 0 Å². The Morgan fingerprint density at radius 3 is 2.44 bits per heavy atom. The Morgan fingerprint density at radius 1 is 0.702 bits per heavy atom. The van der Waals surface area contributed by atoms with Crippen molar-refractivity contribution in [1.29, 1.82) is 0 Å². The molecular weight excluding hydrogens is 717 g/mol. The Kier molecular flexibility index (Phi) is 7.57. The average molecular weight is 755 g/mol. The number of furan rings is 1. The summed E-state index contributed by atoms with van der Waals surface area (Å²) in [6.07, 6.45) is 13.5. The minimum atomic E-state index is -0.254. The maximum absolute atomic E-state index is 6.54. The van der Waals surface area contributed by atoms with Crippen LogP contribution in [0.3, 0.4) is 0 Å². The zero-order valence-corrected chi connectivity index (χ0v) is 31.9. The van der Waals surface area contributed by atoms with Crippen molar-refractivity contribution in [1.82, 2.24) is 15.2 Å². The van der Waals surface area contributed by atoms with Gasteiger partial charge in [-0.05, 0) is 88.7 Å². The van der Waals surface area contributed by atoms with Gasteiger partial charge in [-0.25, -0.2) is 4.99 Å². The summed E-state index contributed by atoms with van der Waals surface area (Å²) in [5.41, 5.74) is 14.4. The molecule has 6 heteroatoms. The van der Waals surface area contributed by atoms with Gasteiger partial charge in [0.15, 0.2) is 0 Å². The Hall–Kier alpha value is -6.34. The number of benzene rings is 6. The van der Waals surface area contributed by atoms with Gasteiger partial charge in [0.1, 0.15) is 29.3 Å². The van der Waals surface area contributed by atoms with Crippen LogP contribution in [0.25, 0.3) is 55.7 Å². The molecule has 4 heterocycles. The first-order valence-corrected chi connectivity index (χ1v) is 20.8. The van der Waals surface area contributed by atoms with Crippen molar-refractivity contribution < 1.29 is 4.42 Å². The van der Waals surface area contributed by atoms with Crippen molar-refractivity contribution in [3.05, 3.63) is 197 Å². The molecule has 274 valence electrons. The number of aliphatic imine (C=N–C) groups is 1. The number of aromatic nitrogens is 1. The molecule has 4 aliphatic rings. The summed E-state index contributed by atoms with van der Waals surface area (Å²) in [5, 5.41) is 11.3. The number of aryl methyl sites for hydroxylation is 1. The SMILES string of the molecule is C1=CC2c3ccc(-c4ccc5oc6cc(C7N=C(c8ccccc8)NC(c8ccccc8)N7)ccc6c5c4)cc3SC2C(n2c3c(c4ccccc42)CCC=C3)=C1. The van der Waals surface area contributed by atoms with Gasteiger partial charge >= 0.3 is 0 Å². The predicted molar refractivity (Wildman–Crippen MR) is 235 cm³/mol. The van der Waals surface area contributed by atoms with Crippen molar-refractivity contribution >= 4 is 62.2 Å². The number of thioether (sulfide) groups is 1. The lowest BCUT2D eigenvalue weighted by Crippen LogP contribution is -2.44. The highest BCUT2D eigenvalue weighted by Gasteiger charge is 2.38. The number of para-hydroxylation sites is 1. The second-order valence-electron chi connectivity index (χ2n) is 15.4. The van der Waals surface area contributed by atoms with Gasteiger partial charge in [-0.1, -0.05) is 127 Å². The summed E-state index contributed by atoms with van der Waals surface area (Å²) in [6, 6.07) is 50.0. The molecule has 2 aromatic heterocycles. The van der Waals surface area contributed by atoms with E-state index in [0.29, 0.717) is 11.2 Å². The predicted octanol–water partition coefficient (Wildman–Crippen LogP) is 12.2. The molecule has 0 saturated heterocycles. The van der Waals surface area contributed by atoms with Crippen LogP contribution >= 0.6 is 11.8 Å². The zero-order chi connectivity index (χ0) is 37.5. The molecular formula is C51H38N4OS. The smallest absolute Gasteiger partial charge is 0.135 e. The number of amidine groups is 1. The van der Waals surface area contributed by atoms with E-state index < -0.39 is 0 Å². The van der Waals surface area contributed by atoms with Gasteiger partial charge < -0.3 is 14.3 Å². The second kappa shape index (κ2) is 13.1. The largest absolute Gasteiger partial charge is 0.456 e. The van der Waals surface area contributed by atoms with Crippen molar-refractivity contribution in [3.63, 3.8) is 0 Å². The van der Waals surface area contributed by atoms with Gasteiger partial charge in [-0.2, -0.15) is 0 Å². The third-order valence-electron chi connectivity index (χ3n) is 12.1. The van der Waals surface area contributed by atoms with Crippen LogP contribution in [-0.4, -0.2) is 15.7 Å². The van der Waals surface area contributed by atoms with Crippen molar-refractivity contribution in [2.45, 2.75) is 41.2 Å². The van der Waals surface area contributed by atoms with Gasteiger partial charge in [-0.15, -0.1) is 11.8 Å². The topological polar surface area (TPSA) is 54.5 Å². The molecule has 5 nitrogen and oxygen atoms in total. The number of nitrogens with zero attached hydrogens (tertiary/aromatic N) is 2. The molecule has 2 aliphatic carbocycles. The van der Waals surface area contributed by atoms with E-state index in [4.69, 9.17) is 9.41 Å². The lowest BCUT2D eigenvalue weighted by Gasteiger charge is -2.32. The highest BCUT2D eigenvalue weighted by molar-refractivity contribution is 8.00. The molecule has 0 saturated carbocycles. The summed E-state index contributed by atoms with van der Waals surface area (Å²) < 4.78 is 9.08. The Labute approximate surface area is 335 Å². The highest BCUT2D eigenvalue weighted by Crippen LogP contribution is 2.53. The molecule has 6 aromatic carbocycles. The maximum atomic E-state index is 6.54. The summed E-state index contributed by atoms with van der Waals surface area (Å²) in [7, 11) is 0. The van der Waals surface area contributed by atoms with Crippen LogP contribution in [0.2, 0.25) is 0 Å². The molecule has 0 fully saturated rings. The molecule has 4 atom stereocenters. The molecule has 8 aromatic rings. The fourth-order valence-corrected chi connectivity index (χ4v) is 10.9. The van der Waals surface area contributed by atoms with Crippen LogP contribution in [0.1, 0.15) is 58.2 Å². The molecule has 0 bridgehead atoms. The fraction of sp³-hybridized carbons (Fsp3) is 0.118. The first-order chi connectivity index (χ1) is 28.2. The van der Waals surface area contributed by atoms with Crippen molar-refractivity contribution in [2.75, 3.05) is 0 Å². The molecule has 0 amide bonds. The lowest BCUT2D eigenvalue weighted by molar-refractivity contribution is 0.409. The van der Waals surface area contributed by atoms with E-state index in [2.05, 4.69) is 173 Å². The molecule has 4 unspecified atom stereocenters. The monoisotopic (exact) mass is 754 g/mol. The van der Waals surface area contributed by atoms with Gasteiger partial charge in [0, 0.05) is 43.9 Å². The average Bonchev–Trinajstić information content (AvgIpc) is 3.95. The first kappa shape index (κ1) is 32.9. The fourth-order valence-electron chi connectivity index (χ4n) is 9.38. The van der Waals surface area contributed by atoms with E-state index in [9.17, 15) is 0 Å². The second-order valence-corrected chi connectivity index (χ2v) is 16.6. The molecule has 0 radical (unpaired) electrons. The minimum absolute atomic E-state index is 0.0953. The summed E-state index contributed by atoms with van der Waals surface area (Å²) >= 11 is 2.01. The maximum Gasteiger partial charge on any atom is 0.135 e. The van der Waals surface area contributed by atoms with Crippen LogP contribution in [0.5, 0.6) is 0 Å². The van der Waals surface area contributed by atoms with Gasteiger partial charge in [0.25, 0.3) is 0 Å². The number of hydrogen-bond donors (Lipinski definition) is 2. The molecule has 12 rings (SSSR count). The Morgan fingerprint density at radius 2 is 1.53 bits per heavy atom. The van der Waals surface area contributed by atoms with Crippen LogP contribution < -0.4 is 10.6 Å². The summed E-state index contributed by atoms with van der Waals surface area (Å²) in [6.45, 7) is 0. The quantitative estimate of drug-likeness (QED) is 0.184. The lowest BCUT2D eigenvalue weighted by atomic mass is 9.89.